The van der Waals surface area contributed by atoms with E-state index in [4.69, 9.17) is 0 Å². The van der Waals surface area contributed by atoms with Gasteiger partial charge in [-0.05, 0) is 29.9 Å². The molecule has 0 fully saturated rings. The lowest BCUT2D eigenvalue weighted by Gasteiger charge is -2.15. The molecule has 0 aliphatic heterocycles. The zero-order valence-electron chi connectivity index (χ0n) is 16.3. The number of aryl methyl sites for hydroxylation is 2. The Morgan fingerprint density at radius 1 is 1.14 bits per heavy atom. The summed E-state index contributed by atoms with van der Waals surface area (Å²) >= 11 is 1.58. The van der Waals surface area contributed by atoms with Gasteiger partial charge in [-0.15, -0.1) is 11.8 Å². The van der Waals surface area contributed by atoms with Gasteiger partial charge >= 0.3 is 5.69 Å². The number of anilines is 1. The van der Waals surface area contributed by atoms with E-state index < -0.39 is 11.2 Å². The van der Waals surface area contributed by atoms with Crippen LogP contribution in [0, 0.1) is 0 Å². The lowest BCUT2D eigenvalue weighted by molar-refractivity contribution is 0.102. The van der Waals surface area contributed by atoms with E-state index in [9.17, 15) is 14.4 Å². The molecule has 0 unspecified atom stereocenters. The molecule has 0 spiro atoms. The summed E-state index contributed by atoms with van der Waals surface area (Å²) in [5.74, 6) is 0.542. The number of carbonyl (C=O) groups excluding carboxylic acids is 1. The Labute approximate surface area is 166 Å². The van der Waals surface area contributed by atoms with Gasteiger partial charge in [0, 0.05) is 25.2 Å². The fourth-order valence-corrected chi connectivity index (χ4v) is 3.90. The third kappa shape index (κ3) is 3.35. The predicted octanol–water partition coefficient (Wildman–Crippen LogP) is 2.56. The predicted molar refractivity (Wildman–Crippen MR) is 112 cm³/mol. The molecule has 2 heterocycles. The summed E-state index contributed by atoms with van der Waals surface area (Å²) in [7, 11) is 2.98. The van der Waals surface area contributed by atoms with Crippen molar-refractivity contribution in [3.05, 3.63) is 62.4 Å². The number of pyridine rings is 1. The van der Waals surface area contributed by atoms with E-state index in [0.717, 1.165) is 20.8 Å². The Morgan fingerprint density at radius 3 is 2.54 bits per heavy atom. The molecule has 0 atom stereocenters. The standard InChI is InChI=1S/C20H22N4O3S/c1-5-12-11-21-17-15(19(26)24(4)20(27)23(17)3)16(12)22-18(25)13-9-7-8-10-14(13)28-6-2/h7-11H,5-6H2,1-4H3,(H,21,22,25). The van der Waals surface area contributed by atoms with E-state index >= 15 is 0 Å². The van der Waals surface area contributed by atoms with Crippen LogP contribution in [0.25, 0.3) is 11.0 Å². The minimum atomic E-state index is -0.479. The molecule has 146 valence electrons. The number of thioether (sulfide) groups is 1. The number of nitrogens with zero attached hydrogens (tertiary/aromatic N) is 3. The van der Waals surface area contributed by atoms with Gasteiger partial charge in [-0.1, -0.05) is 26.0 Å². The topological polar surface area (TPSA) is 86.0 Å². The van der Waals surface area contributed by atoms with E-state index in [1.54, 1.807) is 31.1 Å². The first-order valence-corrected chi connectivity index (χ1v) is 10.00. The number of hydrogen-bond acceptors (Lipinski definition) is 5. The van der Waals surface area contributed by atoms with Crippen LogP contribution in [0.15, 0.2) is 44.9 Å². The van der Waals surface area contributed by atoms with E-state index in [0.29, 0.717) is 17.7 Å². The first-order chi connectivity index (χ1) is 13.4. The molecule has 28 heavy (non-hydrogen) atoms. The van der Waals surface area contributed by atoms with Gasteiger partial charge in [0.1, 0.15) is 5.39 Å². The molecular weight excluding hydrogens is 376 g/mol. The molecule has 0 saturated carbocycles. The van der Waals surface area contributed by atoms with Gasteiger partial charge in [0.15, 0.2) is 5.65 Å². The van der Waals surface area contributed by atoms with Gasteiger partial charge in [-0.25, -0.2) is 9.78 Å². The molecule has 3 rings (SSSR count). The highest BCUT2D eigenvalue weighted by Gasteiger charge is 2.20. The van der Waals surface area contributed by atoms with Crippen LogP contribution in [0.2, 0.25) is 0 Å². The maximum absolute atomic E-state index is 13.0. The fourth-order valence-electron chi connectivity index (χ4n) is 3.09. The van der Waals surface area contributed by atoms with Crippen LogP contribution >= 0.6 is 11.8 Å². The third-order valence-electron chi connectivity index (χ3n) is 4.60. The van der Waals surface area contributed by atoms with Gasteiger partial charge in [0.2, 0.25) is 0 Å². The minimum Gasteiger partial charge on any atom is -0.321 e. The van der Waals surface area contributed by atoms with Gasteiger partial charge in [0.25, 0.3) is 11.5 Å². The van der Waals surface area contributed by atoms with Crippen molar-refractivity contribution in [3.8, 4) is 0 Å². The van der Waals surface area contributed by atoms with Gasteiger partial charge < -0.3 is 5.32 Å². The molecule has 0 radical (unpaired) electrons. The zero-order chi connectivity index (χ0) is 20.4. The van der Waals surface area contributed by atoms with Crippen LogP contribution in [0.3, 0.4) is 0 Å². The molecule has 1 N–H and O–H groups in total. The molecule has 0 aliphatic carbocycles. The lowest BCUT2D eigenvalue weighted by Crippen LogP contribution is -2.38. The highest BCUT2D eigenvalue weighted by Crippen LogP contribution is 2.26. The van der Waals surface area contributed by atoms with Crippen molar-refractivity contribution in [3.63, 3.8) is 0 Å². The Bertz CT molecular complexity index is 1180. The number of rotatable bonds is 5. The van der Waals surface area contributed by atoms with Gasteiger partial charge in [0.05, 0.1) is 11.3 Å². The van der Waals surface area contributed by atoms with Crippen molar-refractivity contribution in [2.24, 2.45) is 14.1 Å². The van der Waals surface area contributed by atoms with Crippen LogP contribution in [0.5, 0.6) is 0 Å². The number of fused-ring (bicyclic) bond motifs is 1. The Morgan fingerprint density at radius 2 is 1.86 bits per heavy atom. The molecule has 0 aliphatic rings. The summed E-state index contributed by atoms with van der Waals surface area (Å²) in [6, 6.07) is 7.36. The van der Waals surface area contributed by atoms with Crippen molar-refractivity contribution in [2.75, 3.05) is 11.1 Å². The van der Waals surface area contributed by atoms with Crippen molar-refractivity contribution in [1.29, 1.82) is 0 Å². The second-order valence-electron chi connectivity index (χ2n) is 6.30. The van der Waals surface area contributed by atoms with Crippen molar-refractivity contribution < 1.29 is 4.79 Å². The number of amides is 1. The van der Waals surface area contributed by atoms with Crippen LogP contribution in [-0.4, -0.2) is 25.8 Å². The number of benzene rings is 1. The smallest absolute Gasteiger partial charge is 0.321 e. The molecule has 1 amide bonds. The SMILES string of the molecule is CCSc1ccccc1C(=O)Nc1c(CC)cnc2c1c(=O)n(C)c(=O)n2C. The van der Waals surface area contributed by atoms with Crippen LogP contribution in [0.1, 0.15) is 29.8 Å². The summed E-state index contributed by atoms with van der Waals surface area (Å²) in [6.45, 7) is 3.95. The minimum absolute atomic E-state index is 0.234. The molecule has 7 nitrogen and oxygen atoms in total. The van der Waals surface area contributed by atoms with E-state index in [1.807, 2.05) is 32.0 Å². The van der Waals surface area contributed by atoms with Crippen LogP contribution < -0.4 is 16.6 Å². The Kier molecular flexibility index (Phi) is 5.69. The number of hydrogen-bond donors (Lipinski definition) is 1. The average molecular weight is 398 g/mol. The van der Waals surface area contributed by atoms with Gasteiger partial charge in [-0.3, -0.25) is 18.7 Å². The normalized spacial score (nSPS) is 11.0. The number of carbonyl (C=O) groups is 1. The first-order valence-electron chi connectivity index (χ1n) is 9.01. The van der Waals surface area contributed by atoms with Crippen molar-refractivity contribution in [2.45, 2.75) is 25.2 Å². The van der Waals surface area contributed by atoms with E-state index in [2.05, 4.69) is 10.3 Å². The third-order valence-corrected chi connectivity index (χ3v) is 5.55. The maximum Gasteiger partial charge on any atom is 0.332 e. The molecule has 0 saturated heterocycles. The van der Waals surface area contributed by atoms with Crippen molar-refractivity contribution >= 4 is 34.4 Å². The highest BCUT2D eigenvalue weighted by atomic mass is 32.2. The van der Waals surface area contributed by atoms with E-state index in [1.165, 1.54) is 11.6 Å². The molecule has 2 aromatic heterocycles. The Hall–Kier alpha value is -2.87. The largest absolute Gasteiger partial charge is 0.332 e. The first kappa shape index (κ1) is 19.9. The summed E-state index contributed by atoms with van der Waals surface area (Å²) in [4.78, 5) is 43.3. The number of aromatic nitrogens is 3. The monoisotopic (exact) mass is 398 g/mol. The lowest BCUT2D eigenvalue weighted by atomic mass is 10.1. The molecule has 8 heteroatoms. The molecule has 1 aromatic carbocycles. The second-order valence-corrected chi connectivity index (χ2v) is 7.61. The Balaban J connectivity index is 2.22. The highest BCUT2D eigenvalue weighted by molar-refractivity contribution is 7.99. The summed E-state index contributed by atoms with van der Waals surface area (Å²) in [5.41, 5.74) is 0.991. The number of nitrogens with one attached hydrogen (secondary N) is 1. The summed E-state index contributed by atoms with van der Waals surface area (Å²) in [5, 5.41) is 3.15. The van der Waals surface area contributed by atoms with Crippen LogP contribution in [-0.2, 0) is 20.5 Å². The maximum atomic E-state index is 13.0. The summed E-state index contributed by atoms with van der Waals surface area (Å²) in [6.07, 6.45) is 2.18. The molecular formula is C20H22N4O3S. The fraction of sp³-hybridized carbons (Fsp3) is 0.300. The quantitative estimate of drug-likeness (QED) is 0.668. The van der Waals surface area contributed by atoms with Crippen molar-refractivity contribution in [1.82, 2.24) is 14.1 Å². The zero-order valence-corrected chi connectivity index (χ0v) is 17.1. The molecule has 0 bridgehead atoms. The van der Waals surface area contributed by atoms with Gasteiger partial charge in [-0.2, -0.15) is 0 Å². The summed E-state index contributed by atoms with van der Waals surface area (Å²) < 4.78 is 2.34. The second kappa shape index (κ2) is 8.02. The van der Waals surface area contributed by atoms with E-state index in [-0.39, 0.29) is 16.9 Å². The average Bonchev–Trinajstić information content (AvgIpc) is 2.70. The molecule has 3 aromatic rings. The van der Waals surface area contributed by atoms with Crippen LogP contribution in [0.4, 0.5) is 5.69 Å².